The molecule has 0 aliphatic heterocycles. The molecule has 1 aromatic rings. The van der Waals surface area contributed by atoms with Crippen LogP contribution >= 0.6 is 11.6 Å². The fraction of sp³-hybridized carbons (Fsp3) is 0.462. The Morgan fingerprint density at radius 1 is 1.48 bits per heavy atom. The number of hydrogen-bond donors (Lipinski definition) is 2. The first-order chi connectivity index (χ1) is 9.70. The molecule has 3 N–H and O–H groups in total. The van der Waals surface area contributed by atoms with Crippen LogP contribution in [0.15, 0.2) is 17.0 Å². The van der Waals surface area contributed by atoms with E-state index in [2.05, 4.69) is 5.32 Å². The molecule has 1 aromatic carbocycles. The highest BCUT2D eigenvalue weighted by Gasteiger charge is 2.21. The van der Waals surface area contributed by atoms with Gasteiger partial charge in [-0.15, -0.1) is 0 Å². The lowest BCUT2D eigenvalue weighted by molar-refractivity contribution is 0.0894. The van der Waals surface area contributed by atoms with Crippen molar-refractivity contribution in [1.29, 1.82) is 0 Å². The third-order valence-corrected chi connectivity index (χ3v) is 4.33. The highest BCUT2D eigenvalue weighted by molar-refractivity contribution is 7.89. The van der Waals surface area contributed by atoms with E-state index in [1.54, 1.807) is 7.11 Å². The number of ether oxygens (including phenoxy) is 1. The molecule has 1 amide bonds. The second kappa shape index (κ2) is 7.22. The molecular weight excluding hydrogens is 316 g/mol. The van der Waals surface area contributed by atoms with Crippen LogP contribution in [0, 0.1) is 6.92 Å². The lowest BCUT2D eigenvalue weighted by Gasteiger charge is -2.17. The summed E-state index contributed by atoms with van der Waals surface area (Å²) < 4.78 is 28.1. The minimum absolute atomic E-state index is 0.134. The smallest absolute Gasteiger partial charge is 0.251 e. The molecule has 0 aliphatic rings. The van der Waals surface area contributed by atoms with Gasteiger partial charge in [-0.05, 0) is 31.0 Å². The lowest BCUT2D eigenvalue weighted by Crippen LogP contribution is -2.38. The van der Waals surface area contributed by atoms with Crippen molar-refractivity contribution in [1.82, 2.24) is 5.32 Å². The quantitative estimate of drug-likeness (QED) is 0.822. The summed E-state index contributed by atoms with van der Waals surface area (Å²) in [6, 6.07) is 2.48. The monoisotopic (exact) mass is 334 g/mol. The van der Waals surface area contributed by atoms with Crippen molar-refractivity contribution in [3.8, 4) is 0 Å². The van der Waals surface area contributed by atoms with E-state index < -0.39 is 15.9 Å². The summed E-state index contributed by atoms with van der Waals surface area (Å²) in [6.45, 7) is 3.79. The number of rotatable bonds is 6. The maximum atomic E-state index is 12.3. The van der Waals surface area contributed by atoms with Gasteiger partial charge in [0.15, 0.2) is 0 Å². The maximum absolute atomic E-state index is 12.3. The van der Waals surface area contributed by atoms with E-state index >= 15 is 0 Å². The van der Waals surface area contributed by atoms with E-state index in [1.807, 2.05) is 6.92 Å². The van der Waals surface area contributed by atoms with Gasteiger partial charge in [-0.3, -0.25) is 4.79 Å². The molecule has 0 aliphatic carbocycles. The second-order valence-electron chi connectivity index (χ2n) is 4.66. The van der Waals surface area contributed by atoms with Crippen LogP contribution in [0.4, 0.5) is 0 Å². The summed E-state index contributed by atoms with van der Waals surface area (Å²) in [5.74, 6) is -0.413. The van der Waals surface area contributed by atoms with Gasteiger partial charge in [0, 0.05) is 17.7 Å². The van der Waals surface area contributed by atoms with E-state index in [0.717, 1.165) is 0 Å². The highest BCUT2D eigenvalue weighted by Crippen LogP contribution is 2.23. The first-order valence-corrected chi connectivity index (χ1v) is 8.25. The number of nitrogens with one attached hydrogen (secondary N) is 1. The first-order valence-electron chi connectivity index (χ1n) is 6.33. The van der Waals surface area contributed by atoms with Crippen LogP contribution in [0.1, 0.15) is 29.3 Å². The van der Waals surface area contributed by atoms with Crippen LogP contribution in [0.3, 0.4) is 0 Å². The van der Waals surface area contributed by atoms with Gasteiger partial charge in [0.2, 0.25) is 10.0 Å². The SMILES string of the molecule is CCC(COC)NC(=O)c1cc(Cl)cc(S(N)(=O)=O)c1C. The summed E-state index contributed by atoms with van der Waals surface area (Å²) in [7, 11) is -2.41. The number of sulfonamides is 1. The fourth-order valence-electron chi connectivity index (χ4n) is 1.91. The van der Waals surface area contributed by atoms with Gasteiger partial charge in [-0.2, -0.15) is 0 Å². The van der Waals surface area contributed by atoms with Crippen LogP contribution < -0.4 is 10.5 Å². The summed E-state index contributed by atoms with van der Waals surface area (Å²) in [5, 5.41) is 8.04. The third-order valence-electron chi connectivity index (χ3n) is 3.07. The number of carbonyl (C=O) groups is 1. The number of hydrogen-bond acceptors (Lipinski definition) is 4. The highest BCUT2D eigenvalue weighted by atomic mass is 35.5. The molecule has 0 aromatic heterocycles. The van der Waals surface area contributed by atoms with Crippen LogP contribution in [0.2, 0.25) is 5.02 Å². The van der Waals surface area contributed by atoms with Crippen molar-refractivity contribution in [2.75, 3.05) is 13.7 Å². The molecule has 1 unspecified atom stereocenters. The molecule has 21 heavy (non-hydrogen) atoms. The molecule has 8 heteroatoms. The number of benzene rings is 1. The summed E-state index contributed by atoms with van der Waals surface area (Å²) in [4.78, 5) is 12.1. The molecule has 1 rings (SSSR count). The van der Waals surface area contributed by atoms with Gasteiger partial charge >= 0.3 is 0 Å². The van der Waals surface area contributed by atoms with Crippen LogP contribution in [-0.2, 0) is 14.8 Å². The van der Waals surface area contributed by atoms with Gasteiger partial charge in [-0.1, -0.05) is 18.5 Å². The number of carbonyl (C=O) groups excluding carboxylic acids is 1. The summed E-state index contributed by atoms with van der Waals surface area (Å²) >= 11 is 5.88. The van der Waals surface area contributed by atoms with Gasteiger partial charge in [-0.25, -0.2) is 13.6 Å². The van der Waals surface area contributed by atoms with Gasteiger partial charge < -0.3 is 10.1 Å². The number of halogens is 1. The average molecular weight is 335 g/mol. The van der Waals surface area contributed by atoms with Crippen LogP contribution in [0.5, 0.6) is 0 Å². The minimum Gasteiger partial charge on any atom is -0.383 e. The average Bonchev–Trinajstić information content (AvgIpc) is 2.39. The molecule has 6 nitrogen and oxygen atoms in total. The Morgan fingerprint density at radius 3 is 2.57 bits per heavy atom. The minimum atomic E-state index is -3.95. The molecule has 0 saturated carbocycles. The number of primary sulfonamides is 1. The summed E-state index contributed by atoms with van der Waals surface area (Å²) in [6.07, 6.45) is 0.682. The lowest BCUT2D eigenvalue weighted by atomic mass is 10.1. The van der Waals surface area contributed by atoms with Crippen molar-refractivity contribution in [3.63, 3.8) is 0 Å². The standard InChI is InChI=1S/C13H19ClN2O4S/c1-4-10(7-20-3)16-13(17)11-5-9(14)6-12(8(11)2)21(15,18)19/h5-6,10H,4,7H2,1-3H3,(H,16,17)(H2,15,18,19). The van der Waals surface area contributed by atoms with E-state index in [4.69, 9.17) is 21.5 Å². The Hall–Kier alpha value is -1.15. The Labute approximate surface area is 129 Å². The van der Waals surface area contributed by atoms with Crippen molar-refractivity contribution in [2.24, 2.45) is 5.14 Å². The fourth-order valence-corrected chi connectivity index (χ4v) is 3.02. The number of amides is 1. The predicted molar refractivity (Wildman–Crippen MR) is 81.0 cm³/mol. The molecule has 118 valence electrons. The second-order valence-corrected chi connectivity index (χ2v) is 6.62. The summed E-state index contributed by atoms with van der Waals surface area (Å²) in [5.41, 5.74) is 0.452. The van der Waals surface area contributed by atoms with Gasteiger partial charge in [0.25, 0.3) is 5.91 Å². The Morgan fingerprint density at radius 2 is 2.10 bits per heavy atom. The maximum Gasteiger partial charge on any atom is 0.251 e. The zero-order valence-electron chi connectivity index (χ0n) is 12.1. The third kappa shape index (κ3) is 4.67. The topological polar surface area (TPSA) is 98.5 Å². The number of methoxy groups -OCH3 is 1. The van der Waals surface area contributed by atoms with Crippen molar-refractivity contribution >= 4 is 27.5 Å². The largest absolute Gasteiger partial charge is 0.383 e. The van der Waals surface area contributed by atoms with E-state index in [1.165, 1.54) is 19.1 Å². The molecule has 1 atom stereocenters. The van der Waals surface area contributed by atoms with Crippen LogP contribution in [0.25, 0.3) is 0 Å². The molecule has 0 radical (unpaired) electrons. The number of nitrogens with two attached hydrogens (primary N) is 1. The van der Waals surface area contributed by atoms with Crippen molar-refractivity contribution < 1.29 is 17.9 Å². The Balaban J connectivity index is 3.19. The normalized spacial score (nSPS) is 13.0. The molecule has 0 heterocycles. The van der Waals surface area contributed by atoms with Crippen molar-refractivity contribution in [2.45, 2.75) is 31.2 Å². The molecule has 0 bridgehead atoms. The van der Waals surface area contributed by atoms with E-state index in [-0.39, 0.29) is 27.1 Å². The molecule has 0 saturated heterocycles. The zero-order valence-corrected chi connectivity index (χ0v) is 13.7. The van der Waals surface area contributed by atoms with Crippen molar-refractivity contribution in [3.05, 3.63) is 28.3 Å². The molecule has 0 spiro atoms. The van der Waals surface area contributed by atoms with E-state index in [0.29, 0.717) is 13.0 Å². The first kappa shape index (κ1) is 17.9. The van der Waals surface area contributed by atoms with E-state index in [9.17, 15) is 13.2 Å². The van der Waals surface area contributed by atoms with Crippen LogP contribution in [-0.4, -0.2) is 34.1 Å². The predicted octanol–water partition coefficient (Wildman–Crippen LogP) is 1.45. The zero-order chi connectivity index (χ0) is 16.2. The van der Waals surface area contributed by atoms with Gasteiger partial charge in [0.05, 0.1) is 17.5 Å². The molecule has 0 fully saturated rings. The Kier molecular flexibility index (Phi) is 6.15. The Bertz CT molecular complexity index is 631. The molecular formula is C13H19ClN2O4S. The van der Waals surface area contributed by atoms with Gasteiger partial charge in [0.1, 0.15) is 0 Å².